The summed E-state index contributed by atoms with van der Waals surface area (Å²) >= 11 is 0. The number of hydrogen-bond donors (Lipinski definition) is 1. The summed E-state index contributed by atoms with van der Waals surface area (Å²) in [7, 11) is 0. The molecule has 0 bridgehead atoms. The Morgan fingerprint density at radius 2 is 1.86 bits per heavy atom. The van der Waals surface area contributed by atoms with E-state index in [9.17, 15) is 14.7 Å². The first-order valence-corrected chi connectivity index (χ1v) is 9.69. The maximum Gasteiger partial charge on any atom is 0.407 e. The normalized spacial score (nSPS) is 21.4. The molecule has 0 spiro atoms. The topological polar surface area (TPSA) is 83.0 Å². The zero-order valence-electron chi connectivity index (χ0n) is 16.0. The van der Waals surface area contributed by atoms with E-state index in [1.165, 1.54) is 4.90 Å². The molecule has 1 amide bonds. The number of carboxylic acid groups (broad SMARTS) is 1. The largest absolute Gasteiger partial charge is 0.465 e. The molecular formula is C22H23N3O4. The molecule has 29 heavy (non-hydrogen) atoms. The van der Waals surface area contributed by atoms with Crippen molar-refractivity contribution in [2.45, 2.75) is 5.92 Å². The van der Waals surface area contributed by atoms with Crippen molar-refractivity contribution in [2.75, 3.05) is 44.3 Å². The van der Waals surface area contributed by atoms with Crippen molar-refractivity contribution in [3.63, 3.8) is 0 Å². The van der Waals surface area contributed by atoms with Gasteiger partial charge in [-0.1, -0.05) is 36.4 Å². The van der Waals surface area contributed by atoms with Crippen LogP contribution in [0.3, 0.4) is 0 Å². The number of aromatic nitrogens is 1. The number of nitrogens with zero attached hydrogens (tertiary/aromatic N) is 3. The van der Waals surface area contributed by atoms with E-state index >= 15 is 0 Å². The average Bonchev–Trinajstić information content (AvgIpc) is 2.76. The number of hydrogen-bond acceptors (Lipinski definition) is 5. The van der Waals surface area contributed by atoms with Crippen LogP contribution < -0.4 is 4.90 Å². The van der Waals surface area contributed by atoms with Crippen molar-refractivity contribution in [1.29, 1.82) is 0 Å². The van der Waals surface area contributed by atoms with E-state index < -0.39 is 12.0 Å². The van der Waals surface area contributed by atoms with Gasteiger partial charge in [0, 0.05) is 25.2 Å². The SMILES string of the molecule is O=C1C(=Cc2cccc(N3CCOCC3)n2)CN(C(=O)O)CC1c1ccccc1. The second kappa shape index (κ2) is 8.45. The Morgan fingerprint density at radius 1 is 1.10 bits per heavy atom. The lowest BCUT2D eigenvalue weighted by Gasteiger charge is -2.32. The van der Waals surface area contributed by atoms with Gasteiger partial charge in [-0.15, -0.1) is 0 Å². The lowest BCUT2D eigenvalue weighted by molar-refractivity contribution is -0.118. The second-order valence-corrected chi connectivity index (χ2v) is 7.18. The van der Waals surface area contributed by atoms with E-state index in [2.05, 4.69) is 9.88 Å². The molecule has 0 radical (unpaired) electrons. The van der Waals surface area contributed by atoms with Crippen LogP contribution in [-0.2, 0) is 9.53 Å². The summed E-state index contributed by atoms with van der Waals surface area (Å²) in [5.41, 5.74) is 1.93. The monoisotopic (exact) mass is 393 g/mol. The molecule has 150 valence electrons. The van der Waals surface area contributed by atoms with Gasteiger partial charge in [0.05, 0.1) is 31.4 Å². The Morgan fingerprint density at radius 3 is 2.59 bits per heavy atom. The van der Waals surface area contributed by atoms with Crippen LogP contribution in [0, 0.1) is 0 Å². The molecule has 3 heterocycles. The fourth-order valence-electron chi connectivity index (χ4n) is 3.75. The highest BCUT2D eigenvalue weighted by atomic mass is 16.5. The Bertz CT molecular complexity index is 923. The first-order valence-electron chi connectivity index (χ1n) is 9.69. The molecule has 2 saturated heterocycles. The molecule has 1 aromatic carbocycles. The molecule has 2 aromatic rings. The molecule has 2 fully saturated rings. The van der Waals surface area contributed by atoms with Gasteiger partial charge in [0.2, 0.25) is 0 Å². The number of likely N-dealkylation sites (tertiary alicyclic amines) is 1. The van der Waals surface area contributed by atoms with E-state index in [1.54, 1.807) is 6.08 Å². The zero-order chi connectivity index (χ0) is 20.2. The van der Waals surface area contributed by atoms with Crippen molar-refractivity contribution in [3.05, 3.63) is 65.4 Å². The molecular weight excluding hydrogens is 370 g/mol. The number of carbonyl (C=O) groups is 2. The molecule has 0 aliphatic carbocycles. The van der Waals surface area contributed by atoms with Crippen molar-refractivity contribution >= 4 is 23.8 Å². The quantitative estimate of drug-likeness (QED) is 0.808. The fraction of sp³-hybridized carbons (Fsp3) is 0.318. The van der Waals surface area contributed by atoms with Gasteiger partial charge in [-0.3, -0.25) is 4.79 Å². The molecule has 1 atom stereocenters. The van der Waals surface area contributed by atoms with Crippen molar-refractivity contribution in [3.8, 4) is 0 Å². The lowest BCUT2D eigenvalue weighted by atomic mass is 9.86. The first kappa shape index (κ1) is 19.1. The molecule has 1 unspecified atom stereocenters. The molecule has 4 rings (SSSR count). The van der Waals surface area contributed by atoms with Crippen LogP contribution >= 0.6 is 0 Å². The third kappa shape index (κ3) is 4.30. The standard InChI is InChI=1S/C22H23N3O4/c26-21-17(13-18-7-4-8-20(23-18)24-9-11-29-12-10-24)14-25(22(27)28)15-19(21)16-5-2-1-3-6-16/h1-8,13,19H,9-12,14-15H2,(H,27,28). The van der Waals surface area contributed by atoms with Crippen LogP contribution in [-0.4, -0.2) is 66.3 Å². The number of anilines is 1. The van der Waals surface area contributed by atoms with Crippen molar-refractivity contribution < 1.29 is 19.4 Å². The number of benzene rings is 1. The highest BCUT2D eigenvalue weighted by Crippen LogP contribution is 2.28. The zero-order valence-corrected chi connectivity index (χ0v) is 16.0. The number of morpholine rings is 1. The molecule has 2 aliphatic rings. The Labute approximate surface area is 169 Å². The summed E-state index contributed by atoms with van der Waals surface area (Å²) in [6, 6.07) is 15.0. The molecule has 2 aliphatic heterocycles. The summed E-state index contributed by atoms with van der Waals surface area (Å²) in [5, 5.41) is 9.54. The van der Waals surface area contributed by atoms with Gasteiger partial charge in [0.25, 0.3) is 0 Å². The van der Waals surface area contributed by atoms with Gasteiger partial charge in [0.15, 0.2) is 5.78 Å². The summed E-state index contributed by atoms with van der Waals surface area (Å²) in [5.74, 6) is 0.280. The molecule has 7 heteroatoms. The number of amides is 1. The minimum absolute atomic E-state index is 0.0488. The van der Waals surface area contributed by atoms with Gasteiger partial charge in [-0.05, 0) is 23.8 Å². The third-order valence-electron chi connectivity index (χ3n) is 5.28. The van der Waals surface area contributed by atoms with E-state index in [4.69, 9.17) is 4.74 Å². The van der Waals surface area contributed by atoms with E-state index in [-0.39, 0.29) is 18.9 Å². The van der Waals surface area contributed by atoms with E-state index in [1.807, 2.05) is 48.5 Å². The van der Waals surface area contributed by atoms with E-state index in [0.717, 1.165) is 24.5 Å². The molecule has 7 nitrogen and oxygen atoms in total. The lowest BCUT2D eigenvalue weighted by Crippen LogP contribution is -2.43. The summed E-state index contributed by atoms with van der Waals surface area (Å²) in [6.07, 6.45) is 0.691. The predicted octanol–water partition coefficient (Wildman–Crippen LogP) is 2.65. The minimum atomic E-state index is -1.03. The Balaban J connectivity index is 1.64. The smallest absolute Gasteiger partial charge is 0.407 e. The van der Waals surface area contributed by atoms with Crippen LogP contribution in [0.25, 0.3) is 6.08 Å². The summed E-state index contributed by atoms with van der Waals surface area (Å²) in [6.45, 7) is 3.11. The van der Waals surface area contributed by atoms with Gasteiger partial charge < -0.3 is 19.6 Å². The van der Waals surface area contributed by atoms with Crippen LogP contribution in [0.1, 0.15) is 17.2 Å². The summed E-state index contributed by atoms with van der Waals surface area (Å²) in [4.78, 5) is 32.9. The highest BCUT2D eigenvalue weighted by molar-refractivity contribution is 6.05. The average molecular weight is 393 g/mol. The number of rotatable bonds is 3. The van der Waals surface area contributed by atoms with Crippen LogP contribution in [0.2, 0.25) is 0 Å². The van der Waals surface area contributed by atoms with Crippen molar-refractivity contribution in [2.24, 2.45) is 0 Å². The highest BCUT2D eigenvalue weighted by Gasteiger charge is 2.34. The van der Waals surface area contributed by atoms with Crippen molar-refractivity contribution in [1.82, 2.24) is 9.88 Å². The number of ether oxygens (including phenoxy) is 1. The van der Waals surface area contributed by atoms with Gasteiger partial charge in [-0.2, -0.15) is 0 Å². The Kier molecular flexibility index (Phi) is 5.57. The third-order valence-corrected chi connectivity index (χ3v) is 5.28. The molecule has 1 N–H and O–H groups in total. The number of pyridine rings is 1. The Hall–Kier alpha value is -3.19. The number of piperidine rings is 1. The van der Waals surface area contributed by atoms with Gasteiger partial charge >= 0.3 is 6.09 Å². The molecule has 0 saturated carbocycles. The number of Topliss-reactive ketones (excluding diaryl/α,β-unsaturated/α-hetero) is 1. The predicted molar refractivity (Wildman–Crippen MR) is 109 cm³/mol. The van der Waals surface area contributed by atoms with Gasteiger partial charge in [-0.25, -0.2) is 9.78 Å². The first-order chi connectivity index (χ1) is 14.1. The van der Waals surface area contributed by atoms with Gasteiger partial charge in [0.1, 0.15) is 5.82 Å². The fourth-order valence-corrected chi connectivity index (χ4v) is 3.75. The van der Waals surface area contributed by atoms with Crippen LogP contribution in [0.5, 0.6) is 0 Å². The van der Waals surface area contributed by atoms with Crippen LogP contribution in [0.4, 0.5) is 10.6 Å². The molecule has 1 aromatic heterocycles. The minimum Gasteiger partial charge on any atom is -0.465 e. The number of ketones is 1. The van der Waals surface area contributed by atoms with Crippen LogP contribution in [0.15, 0.2) is 54.1 Å². The van der Waals surface area contributed by atoms with E-state index in [0.29, 0.717) is 24.5 Å². The summed E-state index contributed by atoms with van der Waals surface area (Å²) < 4.78 is 5.39. The number of carbonyl (C=O) groups excluding carboxylic acids is 1. The maximum absolute atomic E-state index is 13.1. The second-order valence-electron chi connectivity index (χ2n) is 7.18. The maximum atomic E-state index is 13.1.